The molecule has 1 aliphatic heterocycles. The highest BCUT2D eigenvalue weighted by Gasteiger charge is 2.19. The van der Waals surface area contributed by atoms with Crippen LogP contribution in [0.2, 0.25) is 5.02 Å². The van der Waals surface area contributed by atoms with Gasteiger partial charge in [0.1, 0.15) is 17.3 Å². The summed E-state index contributed by atoms with van der Waals surface area (Å²) < 4.78 is 5.71. The number of hydrogen-bond acceptors (Lipinski definition) is 5. The first-order valence-electron chi connectivity index (χ1n) is 9.38. The van der Waals surface area contributed by atoms with Gasteiger partial charge < -0.3 is 21.5 Å². The number of ether oxygens (including phenoxy) is 1. The van der Waals surface area contributed by atoms with Crippen molar-refractivity contribution < 1.29 is 9.53 Å². The van der Waals surface area contributed by atoms with E-state index >= 15 is 0 Å². The Kier molecular flexibility index (Phi) is 10.4. The van der Waals surface area contributed by atoms with E-state index in [1.165, 1.54) is 0 Å². The summed E-state index contributed by atoms with van der Waals surface area (Å²) in [5.74, 6) is 1.09. The van der Waals surface area contributed by atoms with E-state index in [-0.39, 0.29) is 42.9 Å². The van der Waals surface area contributed by atoms with Crippen LogP contribution in [0.5, 0.6) is 5.75 Å². The first-order chi connectivity index (χ1) is 13.4. The fourth-order valence-electron chi connectivity index (χ4n) is 2.99. The lowest BCUT2D eigenvalue weighted by Crippen LogP contribution is -2.33. The number of carbonyl (C=O) groups excluding carboxylic acids is 1. The molecule has 0 saturated carbocycles. The Hall–Kier alpha value is -1.99. The summed E-state index contributed by atoms with van der Waals surface area (Å²) in [7, 11) is 0. The molecule has 2 aromatic carbocycles. The number of fused-ring (bicyclic) bond motifs is 1. The number of rotatable bonds is 7. The highest BCUT2D eigenvalue weighted by Crippen LogP contribution is 2.34. The van der Waals surface area contributed by atoms with E-state index in [9.17, 15) is 4.79 Å². The highest BCUT2D eigenvalue weighted by atomic mass is 35.5. The zero-order chi connectivity index (χ0) is 20.1. The molecule has 6 nitrogen and oxygen atoms in total. The van der Waals surface area contributed by atoms with E-state index in [0.29, 0.717) is 23.0 Å². The molecule has 2 unspecified atom stereocenters. The number of carbonyl (C=O) groups is 1. The topological polar surface area (TPSA) is 103 Å². The predicted octanol–water partition coefficient (Wildman–Crippen LogP) is 4.55. The lowest BCUT2D eigenvalue weighted by molar-refractivity contribution is 0.0953. The van der Waals surface area contributed by atoms with Crippen LogP contribution in [0.15, 0.2) is 47.5 Å². The molecule has 0 saturated heterocycles. The molecule has 0 bridgehead atoms. The van der Waals surface area contributed by atoms with Crippen LogP contribution in [-0.4, -0.2) is 24.4 Å². The van der Waals surface area contributed by atoms with Crippen LogP contribution in [0.3, 0.4) is 0 Å². The maximum Gasteiger partial charge on any atom is 0.251 e. The van der Waals surface area contributed by atoms with Gasteiger partial charge in [0.25, 0.3) is 5.91 Å². The van der Waals surface area contributed by atoms with E-state index in [4.69, 9.17) is 27.8 Å². The molecule has 30 heavy (non-hydrogen) atoms. The number of halogens is 3. The van der Waals surface area contributed by atoms with Crippen molar-refractivity contribution in [3.8, 4) is 5.75 Å². The molecular formula is C21H27Cl3N4O2. The average Bonchev–Trinajstić information content (AvgIpc) is 2.68. The molecule has 9 heteroatoms. The smallest absolute Gasteiger partial charge is 0.251 e. The lowest BCUT2D eigenvalue weighted by atomic mass is 10.0. The summed E-state index contributed by atoms with van der Waals surface area (Å²) in [4.78, 5) is 16.4. The maximum absolute atomic E-state index is 12.0. The number of aliphatic imine (C=N–C) groups is 1. The van der Waals surface area contributed by atoms with Gasteiger partial charge in [-0.05, 0) is 68.1 Å². The molecule has 0 aliphatic carbocycles. The minimum atomic E-state index is -0.213. The summed E-state index contributed by atoms with van der Waals surface area (Å²) in [6, 6.07) is 12.5. The summed E-state index contributed by atoms with van der Waals surface area (Å²) in [6.45, 7) is 2.47. The quantitative estimate of drug-likeness (QED) is 0.513. The van der Waals surface area contributed by atoms with Crippen molar-refractivity contribution in [2.45, 2.75) is 38.3 Å². The first-order valence-corrected chi connectivity index (χ1v) is 9.76. The third-order valence-corrected chi connectivity index (χ3v) is 4.97. The maximum atomic E-state index is 12.0. The van der Waals surface area contributed by atoms with Gasteiger partial charge in [0.15, 0.2) is 6.10 Å². The molecule has 0 radical (unpaired) electrons. The van der Waals surface area contributed by atoms with Gasteiger partial charge in [0, 0.05) is 23.2 Å². The molecular weight excluding hydrogens is 447 g/mol. The molecule has 1 heterocycles. The minimum absolute atomic E-state index is 0. The number of amidine groups is 1. The molecule has 0 spiro atoms. The summed E-state index contributed by atoms with van der Waals surface area (Å²) >= 11 is 5.83. The number of amides is 1. The van der Waals surface area contributed by atoms with Crippen molar-refractivity contribution in [2.75, 3.05) is 6.54 Å². The molecule has 5 N–H and O–H groups in total. The fraction of sp³-hybridized carbons (Fsp3) is 0.333. The highest BCUT2D eigenvalue weighted by molar-refractivity contribution is 6.30. The second-order valence-corrected chi connectivity index (χ2v) is 7.33. The van der Waals surface area contributed by atoms with E-state index < -0.39 is 0 Å². The Morgan fingerprint density at radius 3 is 2.60 bits per heavy atom. The Morgan fingerprint density at radius 2 is 1.90 bits per heavy atom. The second-order valence-electron chi connectivity index (χ2n) is 6.89. The first kappa shape index (κ1) is 26.0. The Balaban J connectivity index is 0.00000225. The fourth-order valence-corrected chi connectivity index (χ4v) is 3.12. The summed E-state index contributed by atoms with van der Waals surface area (Å²) in [5.41, 5.74) is 14.5. The third kappa shape index (κ3) is 6.77. The van der Waals surface area contributed by atoms with Crippen molar-refractivity contribution in [1.82, 2.24) is 5.32 Å². The molecule has 0 aromatic heterocycles. The number of benzene rings is 2. The number of unbranched alkanes of at least 4 members (excludes halogenated alkanes) is 1. The average molecular weight is 474 g/mol. The van der Waals surface area contributed by atoms with Gasteiger partial charge in [-0.15, -0.1) is 24.8 Å². The van der Waals surface area contributed by atoms with Gasteiger partial charge in [0.2, 0.25) is 0 Å². The number of nitrogens with two attached hydrogens (primary N) is 2. The monoisotopic (exact) mass is 472 g/mol. The number of hydrogen-bond donors (Lipinski definition) is 3. The largest absolute Gasteiger partial charge is 0.481 e. The SMILES string of the molecule is CC1Oc2ccc(C(N)CCCCNC(=O)c3ccc(Cl)cc3)cc2N=C1N.Cl.Cl. The molecule has 2 atom stereocenters. The van der Waals surface area contributed by atoms with Gasteiger partial charge in [-0.2, -0.15) is 0 Å². The van der Waals surface area contributed by atoms with Crippen LogP contribution in [0.25, 0.3) is 0 Å². The molecule has 0 fully saturated rings. The molecule has 2 aromatic rings. The van der Waals surface area contributed by atoms with E-state index in [2.05, 4.69) is 10.3 Å². The van der Waals surface area contributed by atoms with Crippen molar-refractivity contribution in [1.29, 1.82) is 0 Å². The van der Waals surface area contributed by atoms with Gasteiger partial charge in [-0.3, -0.25) is 4.79 Å². The summed E-state index contributed by atoms with van der Waals surface area (Å²) in [6.07, 6.45) is 2.35. The van der Waals surface area contributed by atoms with Crippen LogP contribution in [0.4, 0.5) is 5.69 Å². The standard InChI is InChI=1S/C21H25ClN4O2.2ClH/c1-13-20(24)26-18-12-15(7-10-19(18)28-13)17(23)4-2-3-11-25-21(27)14-5-8-16(22)9-6-14;;/h5-10,12-13,17H,2-4,11,23H2,1H3,(H2,24,26)(H,25,27);2*1H. The predicted molar refractivity (Wildman–Crippen MR) is 127 cm³/mol. The van der Waals surface area contributed by atoms with Gasteiger partial charge >= 0.3 is 0 Å². The number of nitrogens with zero attached hydrogens (tertiary/aromatic N) is 1. The Bertz CT molecular complexity index is 875. The normalized spacial score (nSPS) is 15.4. The van der Waals surface area contributed by atoms with Gasteiger partial charge in [-0.1, -0.05) is 17.7 Å². The number of nitrogens with one attached hydrogen (secondary N) is 1. The van der Waals surface area contributed by atoms with E-state index in [1.54, 1.807) is 24.3 Å². The summed E-state index contributed by atoms with van der Waals surface area (Å²) in [5, 5.41) is 3.52. The van der Waals surface area contributed by atoms with Gasteiger partial charge in [-0.25, -0.2) is 4.99 Å². The molecule has 1 aliphatic rings. The molecule has 164 valence electrons. The Morgan fingerprint density at radius 1 is 1.20 bits per heavy atom. The third-order valence-electron chi connectivity index (χ3n) is 4.71. The zero-order valence-corrected chi connectivity index (χ0v) is 19.0. The minimum Gasteiger partial charge on any atom is -0.481 e. The zero-order valence-electron chi connectivity index (χ0n) is 16.6. The van der Waals surface area contributed by atoms with Crippen LogP contribution < -0.4 is 21.5 Å². The van der Waals surface area contributed by atoms with Crippen LogP contribution in [-0.2, 0) is 0 Å². The van der Waals surface area contributed by atoms with Crippen molar-refractivity contribution in [3.63, 3.8) is 0 Å². The van der Waals surface area contributed by atoms with E-state index in [1.807, 2.05) is 25.1 Å². The molecule has 1 amide bonds. The Labute approximate surface area is 194 Å². The second kappa shape index (κ2) is 12.0. The van der Waals surface area contributed by atoms with E-state index in [0.717, 1.165) is 36.3 Å². The lowest BCUT2D eigenvalue weighted by Gasteiger charge is -2.22. The van der Waals surface area contributed by atoms with Crippen LogP contribution >= 0.6 is 36.4 Å². The van der Waals surface area contributed by atoms with Crippen LogP contribution in [0, 0.1) is 0 Å². The van der Waals surface area contributed by atoms with Crippen LogP contribution in [0.1, 0.15) is 48.1 Å². The van der Waals surface area contributed by atoms with Crippen molar-refractivity contribution in [2.24, 2.45) is 16.5 Å². The molecule has 3 rings (SSSR count). The van der Waals surface area contributed by atoms with Gasteiger partial charge in [0.05, 0.1) is 0 Å². The van der Waals surface area contributed by atoms with Crippen molar-refractivity contribution in [3.05, 3.63) is 58.6 Å². The van der Waals surface area contributed by atoms with Crippen molar-refractivity contribution >= 4 is 53.8 Å².